The lowest BCUT2D eigenvalue weighted by Crippen LogP contribution is -2.10. The zero-order valence-corrected chi connectivity index (χ0v) is 13.6. The number of nitrogens with zero attached hydrogens (tertiary/aromatic N) is 3. The molecule has 2 aromatic rings. The summed E-state index contributed by atoms with van der Waals surface area (Å²) in [5.41, 5.74) is 3.38. The van der Waals surface area contributed by atoms with Crippen LogP contribution in [0.2, 0.25) is 0 Å². The van der Waals surface area contributed by atoms with E-state index < -0.39 is 0 Å². The largest absolute Gasteiger partial charge is 0.378 e. The lowest BCUT2D eigenvalue weighted by molar-refractivity contribution is 0.354. The van der Waals surface area contributed by atoms with Gasteiger partial charge < -0.3 is 9.47 Å². The van der Waals surface area contributed by atoms with Gasteiger partial charge in [0.2, 0.25) is 0 Å². The number of hydrogen-bond donors (Lipinski definition) is 0. The topological polar surface area (TPSA) is 20.5 Å². The van der Waals surface area contributed by atoms with E-state index in [1.165, 1.54) is 43.4 Å². The summed E-state index contributed by atoms with van der Waals surface area (Å²) in [6.45, 7) is 0. The molecule has 0 bridgehead atoms. The molecule has 116 valence electrons. The van der Waals surface area contributed by atoms with Gasteiger partial charge in [0.05, 0.1) is 5.69 Å². The summed E-state index contributed by atoms with van der Waals surface area (Å²) in [5, 5.41) is 0. The third kappa shape index (κ3) is 3.59. The second-order valence-corrected chi connectivity index (χ2v) is 6.35. The Labute approximate surface area is 133 Å². The van der Waals surface area contributed by atoms with E-state index in [4.69, 9.17) is 0 Å². The van der Waals surface area contributed by atoms with Crippen molar-refractivity contribution in [2.45, 2.75) is 38.1 Å². The predicted octanol–water partition coefficient (Wildman–Crippen LogP) is 4.81. The normalized spacial score (nSPS) is 16.3. The standard InChI is InChI=1S/C19H25N3/c1-21(2)18-10-8-17(9-11-18)20-14-16-12-13-22(15-16)19-6-4-3-5-7-19/h8-15,19H,3-7H2,1-2H3. The minimum Gasteiger partial charge on any atom is -0.378 e. The van der Waals surface area contributed by atoms with Crippen LogP contribution in [0.25, 0.3) is 0 Å². The molecule has 3 heteroatoms. The minimum absolute atomic E-state index is 0.690. The molecular weight excluding hydrogens is 270 g/mol. The van der Waals surface area contributed by atoms with Gasteiger partial charge in [-0.1, -0.05) is 19.3 Å². The molecule has 0 spiro atoms. The highest BCUT2D eigenvalue weighted by Gasteiger charge is 2.14. The van der Waals surface area contributed by atoms with Crippen LogP contribution >= 0.6 is 0 Å². The van der Waals surface area contributed by atoms with E-state index in [0.29, 0.717) is 6.04 Å². The number of hydrogen-bond acceptors (Lipinski definition) is 2. The SMILES string of the molecule is CN(C)c1ccc(N=Cc2ccn(C3CCCCC3)c2)cc1. The van der Waals surface area contributed by atoms with Crippen molar-refractivity contribution < 1.29 is 0 Å². The van der Waals surface area contributed by atoms with Crippen LogP contribution in [0.4, 0.5) is 11.4 Å². The molecule has 1 aliphatic rings. The van der Waals surface area contributed by atoms with Crippen molar-refractivity contribution in [3.05, 3.63) is 48.3 Å². The van der Waals surface area contributed by atoms with Gasteiger partial charge in [0.1, 0.15) is 0 Å². The third-order valence-electron chi connectivity index (χ3n) is 4.46. The molecule has 0 atom stereocenters. The Morgan fingerprint density at radius 1 is 1.05 bits per heavy atom. The number of aromatic nitrogens is 1. The van der Waals surface area contributed by atoms with E-state index >= 15 is 0 Å². The Bertz CT molecular complexity index is 616. The highest BCUT2D eigenvalue weighted by atomic mass is 15.1. The first-order valence-corrected chi connectivity index (χ1v) is 8.21. The fourth-order valence-corrected chi connectivity index (χ4v) is 3.10. The van der Waals surface area contributed by atoms with Crippen molar-refractivity contribution in [2.24, 2.45) is 4.99 Å². The number of aliphatic imine (C=N–C) groups is 1. The highest BCUT2D eigenvalue weighted by Crippen LogP contribution is 2.28. The summed E-state index contributed by atoms with van der Waals surface area (Å²) in [4.78, 5) is 6.67. The molecule has 3 nitrogen and oxygen atoms in total. The first-order valence-electron chi connectivity index (χ1n) is 8.21. The van der Waals surface area contributed by atoms with Crippen LogP contribution < -0.4 is 4.90 Å². The van der Waals surface area contributed by atoms with E-state index in [2.05, 4.69) is 57.2 Å². The lowest BCUT2D eigenvalue weighted by atomic mass is 9.95. The van der Waals surface area contributed by atoms with Crippen molar-refractivity contribution in [1.82, 2.24) is 4.57 Å². The molecule has 1 aromatic carbocycles. The Morgan fingerprint density at radius 2 is 1.77 bits per heavy atom. The fraction of sp³-hybridized carbons (Fsp3) is 0.421. The summed E-state index contributed by atoms with van der Waals surface area (Å²) < 4.78 is 2.37. The second-order valence-electron chi connectivity index (χ2n) is 6.35. The van der Waals surface area contributed by atoms with Gasteiger partial charge in [0, 0.05) is 50.0 Å². The van der Waals surface area contributed by atoms with Crippen LogP contribution in [0, 0.1) is 0 Å². The second kappa shape index (κ2) is 6.82. The summed E-state index contributed by atoms with van der Waals surface area (Å²) in [6.07, 6.45) is 13.2. The Balaban J connectivity index is 1.66. The van der Waals surface area contributed by atoms with Crippen molar-refractivity contribution in [3.8, 4) is 0 Å². The van der Waals surface area contributed by atoms with Gasteiger partial charge in [-0.15, -0.1) is 0 Å². The smallest absolute Gasteiger partial charge is 0.0631 e. The molecule has 1 heterocycles. The van der Waals surface area contributed by atoms with E-state index in [1.807, 2.05) is 20.3 Å². The molecule has 0 radical (unpaired) electrons. The summed E-state index contributed by atoms with van der Waals surface area (Å²) in [5.74, 6) is 0. The quantitative estimate of drug-likeness (QED) is 0.741. The maximum absolute atomic E-state index is 4.58. The van der Waals surface area contributed by atoms with Gasteiger partial charge in [-0.2, -0.15) is 0 Å². The van der Waals surface area contributed by atoms with Crippen molar-refractivity contribution in [3.63, 3.8) is 0 Å². The number of anilines is 1. The van der Waals surface area contributed by atoms with Gasteiger partial charge >= 0.3 is 0 Å². The van der Waals surface area contributed by atoms with Crippen molar-refractivity contribution in [2.75, 3.05) is 19.0 Å². The summed E-state index contributed by atoms with van der Waals surface area (Å²) in [7, 11) is 4.10. The average molecular weight is 295 g/mol. The predicted molar refractivity (Wildman–Crippen MR) is 94.6 cm³/mol. The molecule has 22 heavy (non-hydrogen) atoms. The molecule has 0 amide bonds. The molecule has 3 rings (SSSR count). The lowest BCUT2D eigenvalue weighted by Gasteiger charge is -2.23. The van der Waals surface area contributed by atoms with Gasteiger partial charge in [0.25, 0.3) is 0 Å². The van der Waals surface area contributed by atoms with Crippen LogP contribution in [-0.4, -0.2) is 24.9 Å². The molecule has 1 saturated carbocycles. The molecule has 0 saturated heterocycles. The van der Waals surface area contributed by atoms with Gasteiger partial charge in [-0.3, -0.25) is 4.99 Å². The third-order valence-corrected chi connectivity index (χ3v) is 4.46. The monoisotopic (exact) mass is 295 g/mol. The Kier molecular flexibility index (Phi) is 4.62. The maximum Gasteiger partial charge on any atom is 0.0631 e. The zero-order chi connectivity index (χ0) is 15.4. The van der Waals surface area contributed by atoms with Gasteiger partial charge in [-0.05, 0) is 43.2 Å². The van der Waals surface area contributed by atoms with Crippen LogP contribution in [0.1, 0.15) is 43.7 Å². The molecule has 1 fully saturated rings. The average Bonchev–Trinajstić information content (AvgIpc) is 3.03. The van der Waals surface area contributed by atoms with Crippen LogP contribution in [0.5, 0.6) is 0 Å². The van der Waals surface area contributed by atoms with Crippen LogP contribution in [-0.2, 0) is 0 Å². The van der Waals surface area contributed by atoms with Crippen molar-refractivity contribution >= 4 is 17.6 Å². The zero-order valence-electron chi connectivity index (χ0n) is 13.6. The van der Waals surface area contributed by atoms with E-state index in [9.17, 15) is 0 Å². The Hall–Kier alpha value is -2.03. The summed E-state index contributed by atoms with van der Waals surface area (Å²) in [6, 6.07) is 11.2. The summed E-state index contributed by atoms with van der Waals surface area (Å²) >= 11 is 0. The first kappa shape index (κ1) is 14.9. The molecule has 1 aliphatic carbocycles. The number of benzene rings is 1. The molecular formula is C19H25N3. The molecule has 1 aromatic heterocycles. The minimum atomic E-state index is 0.690. The molecule has 0 aliphatic heterocycles. The highest BCUT2D eigenvalue weighted by molar-refractivity contribution is 5.81. The van der Waals surface area contributed by atoms with Gasteiger partial charge in [0.15, 0.2) is 0 Å². The van der Waals surface area contributed by atoms with Gasteiger partial charge in [-0.25, -0.2) is 0 Å². The number of rotatable bonds is 4. The Morgan fingerprint density at radius 3 is 2.45 bits per heavy atom. The van der Waals surface area contributed by atoms with Crippen LogP contribution in [0.3, 0.4) is 0 Å². The van der Waals surface area contributed by atoms with E-state index in [0.717, 1.165) is 5.69 Å². The van der Waals surface area contributed by atoms with E-state index in [-0.39, 0.29) is 0 Å². The molecule has 0 unspecified atom stereocenters. The first-order chi connectivity index (χ1) is 10.7. The van der Waals surface area contributed by atoms with E-state index in [1.54, 1.807) is 0 Å². The maximum atomic E-state index is 4.58. The van der Waals surface area contributed by atoms with Crippen LogP contribution in [0.15, 0.2) is 47.7 Å². The fourth-order valence-electron chi connectivity index (χ4n) is 3.10. The molecule has 0 N–H and O–H groups in total. The van der Waals surface area contributed by atoms with Crippen molar-refractivity contribution in [1.29, 1.82) is 0 Å².